The topological polar surface area (TPSA) is 64.9 Å². The van der Waals surface area contributed by atoms with E-state index in [9.17, 15) is 0 Å². The van der Waals surface area contributed by atoms with Gasteiger partial charge in [0.25, 0.3) is 0 Å². The van der Waals surface area contributed by atoms with Gasteiger partial charge < -0.3 is 10.3 Å². The molecule has 0 spiro atoms. The van der Waals surface area contributed by atoms with Crippen molar-refractivity contribution in [2.45, 2.75) is 44.6 Å². The van der Waals surface area contributed by atoms with Crippen molar-refractivity contribution in [3.05, 3.63) is 46.6 Å². The minimum absolute atomic E-state index is 0.141. The van der Waals surface area contributed by atoms with Crippen LogP contribution in [0.25, 0.3) is 0 Å². The fraction of sp³-hybridized carbons (Fsp3) is 0.500. The highest BCUT2D eigenvalue weighted by atomic mass is 35.5. The van der Waals surface area contributed by atoms with Gasteiger partial charge in [-0.25, -0.2) is 0 Å². The Kier molecular flexibility index (Phi) is 4.56. The fourth-order valence-electron chi connectivity index (χ4n) is 2.98. The van der Waals surface area contributed by atoms with Crippen molar-refractivity contribution in [2.24, 2.45) is 11.7 Å². The van der Waals surface area contributed by atoms with E-state index in [0.717, 1.165) is 23.4 Å². The lowest BCUT2D eigenvalue weighted by Crippen LogP contribution is -2.23. The maximum Gasteiger partial charge on any atom is 0.243 e. The van der Waals surface area contributed by atoms with Crippen LogP contribution in [0, 0.1) is 5.92 Å². The first-order chi connectivity index (χ1) is 10.2. The van der Waals surface area contributed by atoms with E-state index >= 15 is 0 Å². The van der Waals surface area contributed by atoms with Crippen LogP contribution in [0.1, 0.15) is 55.4 Å². The van der Waals surface area contributed by atoms with Gasteiger partial charge in [0, 0.05) is 11.4 Å². The Hall–Kier alpha value is -1.39. The van der Waals surface area contributed by atoms with E-state index in [1.165, 1.54) is 19.3 Å². The Balaban J connectivity index is 1.69. The molecule has 112 valence electrons. The number of aromatic nitrogens is 2. The summed E-state index contributed by atoms with van der Waals surface area (Å²) in [6.45, 7) is 0. The molecule has 2 N–H and O–H groups in total. The second-order valence-electron chi connectivity index (χ2n) is 5.74. The third kappa shape index (κ3) is 3.44. The molecule has 1 aromatic heterocycles. The van der Waals surface area contributed by atoms with Gasteiger partial charge in [-0.3, -0.25) is 0 Å². The summed E-state index contributed by atoms with van der Waals surface area (Å²) in [5.74, 6) is 1.67. The molecular weight excluding hydrogens is 286 g/mol. The van der Waals surface area contributed by atoms with Crippen LogP contribution < -0.4 is 5.73 Å². The second kappa shape index (κ2) is 6.58. The largest absolute Gasteiger partial charge is 0.338 e. The van der Waals surface area contributed by atoms with E-state index in [0.29, 0.717) is 24.1 Å². The van der Waals surface area contributed by atoms with Gasteiger partial charge in [0.1, 0.15) is 0 Å². The van der Waals surface area contributed by atoms with Crippen LogP contribution in [-0.4, -0.2) is 10.1 Å². The first-order valence-corrected chi connectivity index (χ1v) is 7.93. The number of hydrogen-bond acceptors (Lipinski definition) is 4. The molecule has 1 fully saturated rings. The molecule has 0 saturated heterocycles. The molecule has 1 aromatic carbocycles. The van der Waals surface area contributed by atoms with Gasteiger partial charge in [0.05, 0.1) is 6.04 Å². The lowest BCUT2D eigenvalue weighted by molar-refractivity contribution is 0.255. The summed E-state index contributed by atoms with van der Waals surface area (Å²) in [6.07, 6.45) is 6.69. The molecule has 1 atom stereocenters. The molecule has 4 nitrogen and oxygen atoms in total. The summed E-state index contributed by atoms with van der Waals surface area (Å²) in [7, 11) is 0. The van der Waals surface area contributed by atoms with Gasteiger partial charge in [-0.2, -0.15) is 4.98 Å². The number of hydrogen-bond donors (Lipinski definition) is 1. The summed E-state index contributed by atoms with van der Waals surface area (Å²) < 4.78 is 5.36. The third-order valence-corrected chi connectivity index (χ3v) is 4.60. The molecular formula is C16H20ClN3O. The van der Waals surface area contributed by atoms with Crippen molar-refractivity contribution in [3.8, 4) is 0 Å². The Morgan fingerprint density at radius 3 is 2.76 bits per heavy atom. The van der Waals surface area contributed by atoms with Gasteiger partial charge in [-0.15, -0.1) is 0 Å². The van der Waals surface area contributed by atoms with E-state index in [4.69, 9.17) is 21.9 Å². The van der Waals surface area contributed by atoms with Crippen LogP contribution in [0.4, 0.5) is 0 Å². The monoisotopic (exact) mass is 305 g/mol. The van der Waals surface area contributed by atoms with Gasteiger partial charge in [0.2, 0.25) is 5.89 Å². The highest BCUT2D eigenvalue weighted by molar-refractivity contribution is 6.31. The Labute approximate surface area is 129 Å². The standard InChI is InChI=1S/C16H20ClN3O/c17-13-9-5-4-8-12(13)10-14-19-16(21-20-14)15(18)11-6-2-1-3-7-11/h4-5,8-9,11,15H,1-3,6-7,10,18H2. The predicted molar refractivity (Wildman–Crippen MR) is 82.1 cm³/mol. The quantitative estimate of drug-likeness (QED) is 0.930. The van der Waals surface area contributed by atoms with Crippen molar-refractivity contribution in [3.63, 3.8) is 0 Å². The van der Waals surface area contributed by atoms with E-state index in [2.05, 4.69) is 10.1 Å². The molecule has 1 aliphatic carbocycles. The number of halogens is 1. The summed E-state index contributed by atoms with van der Waals surface area (Å²) in [5.41, 5.74) is 7.28. The number of rotatable bonds is 4. The molecule has 1 aliphatic rings. The lowest BCUT2D eigenvalue weighted by Gasteiger charge is -2.24. The summed E-state index contributed by atoms with van der Waals surface area (Å²) in [5, 5.41) is 4.77. The van der Waals surface area contributed by atoms with E-state index in [-0.39, 0.29) is 6.04 Å². The zero-order valence-corrected chi connectivity index (χ0v) is 12.7. The maximum atomic E-state index is 6.28. The maximum absolute atomic E-state index is 6.28. The van der Waals surface area contributed by atoms with Crippen molar-refractivity contribution >= 4 is 11.6 Å². The van der Waals surface area contributed by atoms with Crippen molar-refractivity contribution < 1.29 is 4.52 Å². The highest BCUT2D eigenvalue weighted by Crippen LogP contribution is 2.32. The minimum Gasteiger partial charge on any atom is -0.338 e. The summed E-state index contributed by atoms with van der Waals surface area (Å²) >= 11 is 6.15. The van der Waals surface area contributed by atoms with Crippen LogP contribution in [0.15, 0.2) is 28.8 Å². The third-order valence-electron chi connectivity index (χ3n) is 4.23. The van der Waals surface area contributed by atoms with Crippen LogP contribution in [0.5, 0.6) is 0 Å². The lowest BCUT2D eigenvalue weighted by atomic mass is 9.84. The number of benzene rings is 1. The van der Waals surface area contributed by atoms with Crippen LogP contribution >= 0.6 is 11.6 Å². The Morgan fingerprint density at radius 1 is 1.24 bits per heavy atom. The molecule has 0 bridgehead atoms. The van der Waals surface area contributed by atoms with Crippen molar-refractivity contribution in [1.82, 2.24) is 10.1 Å². The first kappa shape index (κ1) is 14.5. The zero-order chi connectivity index (χ0) is 14.7. The Bertz CT molecular complexity index is 593. The predicted octanol–water partition coefficient (Wildman–Crippen LogP) is 3.89. The second-order valence-corrected chi connectivity index (χ2v) is 6.15. The fourth-order valence-corrected chi connectivity index (χ4v) is 3.18. The molecule has 2 aromatic rings. The highest BCUT2D eigenvalue weighted by Gasteiger charge is 2.26. The number of nitrogens with two attached hydrogens (primary N) is 1. The molecule has 5 heteroatoms. The molecule has 0 radical (unpaired) electrons. The Morgan fingerprint density at radius 2 is 2.00 bits per heavy atom. The van der Waals surface area contributed by atoms with Gasteiger partial charge in [-0.05, 0) is 30.4 Å². The van der Waals surface area contributed by atoms with Crippen molar-refractivity contribution in [2.75, 3.05) is 0 Å². The molecule has 0 amide bonds. The van der Waals surface area contributed by atoms with E-state index in [1.54, 1.807) is 0 Å². The first-order valence-electron chi connectivity index (χ1n) is 7.55. The SMILES string of the molecule is NC(c1nc(Cc2ccccc2Cl)no1)C1CCCCC1. The van der Waals surface area contributed by atoms with Gasteiger partial charge in [-0.1, -0.05) is 54.2 Å². The van der Waals surface area contributed by atoms with E-state index in [1.807, 2.05) is 24.3 Å². The average Bonchev–Trinajstić information content (AvgIpc) is 2.98. The van der Waals surface area contributed by atoms with Crippen LogP contribution in [0.2, 0.25) is 5.02 Å². The number of nitrogens with zero attached hydrogens (tertiary/aromatic N) is 2. The average molecular weight is 306 g/mol. The summed E-state index contributed by atoms with van der Waals surface area (Å²) in [6, 6.07) is 7.56. The molecule has 1 unspecified atom stereocenters. The van der Waals surface area contributed by atoms with Crippen LogP contribution in [-0.2, 0) is 6.42 Å². The van der Waals surface area contributed by atoms with Crippen molar-refractivity contribution in [1.29, 1.82) is 0 Å². The molecule has 1 heterocycles. The van der Waals surface area contributed by atoms with E-state index < -0.39 is 0 Å². The normalized spacial score (nSPS) is 17.8. The summed E-state index contributed by atoms with van der Waals surface area (Å²) in [4.78, 5) is 4.46. The van der Waals surface area contributed by atoms with Crippen LogP contribution in [0.3, 0.4) is 0 Å². The van der Waals surface area contributed by atoms with Gasteiger partial charge >= 0.3 is 0 Å². The molecule has 21 heavy (non-hydrogen) atoms. The smallest absolute Gasteiger partial charge is 0.243 e. The molecule has 3 rings (SSSR count). The van der Waals surface area contributed by atoms with Gasteiger partial charge in [0.15, 0.2) is 5.82 Å². The minimum atomic E-state index is -0.141. The molecule has 0 aliphatic heterocycles. The molecule has 1 saturated carbocycles. The zero-order valence-electron chi connectivity index (χ0n) is 12.0.